The molecular formula is C15H22N2O4Si. The molecule has 0 spiro atoms. The molecule has 6 nitrogen and oxygen atoms in total. The summed E-state index contributed by atoms with van der Waals surface area (Å²) in [5, 5.41) is 20.0. The summed E-state index contributed by atoms with van der Waals surface area (Å²) in [6, 6.07) is 7.66. The van der Waals surface area contributed by atoms with Crippen LogP contribution in [0.1, 0.15) is 11.1 Å². The molecule has 0 aliphatic rings. The number of nitro groups is 1. The third kappa shape index (κ3) is 6.35. The van der Waals surface area contributed by atoms with Crippen LogP contribution in [0.15, 0.2) is 18.2 Å². The van der Waals surface area contributed by atoms with E-state index >= 15 is 0 Å². The molecule has 120 valence electrons. The number of nitrogens with zero attached hydrogens (tertiary/aromatic N) is 2. The summed E-state index contributed by atoms with van der Waals surface area (Å²) in [6.07, 6.45) is 0.378. The molecular weight excluding hydrogens is 300 g/mol. The summed E-state index contributed by atoms with van der Waals surface area (Å²) in [4.78, 5) is 10.5. The van der Waals surface area contributed by atoms with E-state index in [4.69, 9.17) is 14.7 Å². The highest BCUT2D eigenvalue weighted by atomic mass is 28.3. The van der Waals surface area contributed by atoms with Gasteiger partial charge in [0, 0.05) is 26.7 Å². The molecule has 0 atom stereocenters. The van der Waals surface area contributed by atoms with Gasteiger partial charge in [0.2, 0.25) is 0 Å². The molecule has 7 heteroatoms. The average molecular weight is 322 g/mol. The second-order valence-corrected chi connectivity index (χ2v) is 11.8. The van der Waals surface area contributed by atoms with Gasteiger partial charge in [-0.25, -0.2) is 0 Å². The first-order chi connectivity index (χ1) is 10.3. The molecule has 0 bridgehead atoms. The van der Waals surface area contributed by atoms with Crippen LogP contribution >= 0.6 is 0 Å². The second-order valence-electron chi connectivity index (χ2n) is 6.18. The van der Waals surface area contributed by atoms with E-state index in [-0.39, 0.29) is 18.0 Å². The number of hydrogen-bond donors (Lipinski definition) is 0. The van der Waals surface area contributed by atoms with Crippen molar-refractivity contribution in [2.45, 2.75) is 32.1 Å². The number of rotatable bonds is 9. The van der Waals surface area contributed by atoms with Crippen molar-refractivity contribution < 1.29 is 14.4 Å². The Morgan fingerprint density at radius 2 is 1.95 bits per heavy atom. The fraction of sp³-hybridized carbons (Fsp3) is 0.533. The Kier molecular flexibility index (Phi) is 7.18. The maximum atomic E-state index is 11.1. The van der Waals surface area contributed by atoms with E-state index < -0.39 is 13.0 Å². The minimum atomic E-state index is -1.10. The number of benzene rings is 1. The predicted octanol–water partition coefficient (Wildman–Crippen LogP) is 3.34. The van der Waals surface area contributed by atoms with E-state index in [2.05, 4.69) is 19.6 Å². The standard InChI is InChI=1S/C15H22N2O4Si/c1-22(2,3)10-9-21-12-20-8-7-13-5-4-6-14(11-16)15(13)17(18)19/h4-6H,7-10,12H2,1-3H3. The van der Waals surface area contributed by atoms with Crippen LogP contribution in [0.2, 0.25) is 25.7 Å². The van der Waals surface area contributed by atoms with Gasteiger partial charge in [-0.15, -0.1) is 0 Å². The predicted molar refractivity (Wildman–Crippen MR) is 86.4 cm³/mol. The van der Waals surface area contributed by atoms with E-state index in [0.29, 0.717) is 25.2 Å². The Bertz CT molecular complexity index is 549. The molecule has 0 heterocycles. The largest absolute Gasteiger partial charge is 0.356 e. The van der Waals surface area contributed by atoms with Gasteiger partial charge in [-0.05, 0) is 12.1 Å². The lowest BCUT2D eigenvalue weighted by molar-refractivity contribution is -0.385. The lowest BCUT2D eigenvalue weighted by Crippen LogP contribution is -2.22. The summed E-state index contributed by atoms with van der Waals surface area (Å²) in [6.45, 7) is 8.02. The van der Waals surface area contributed by atoms with Crippen molar-refractivity contribution in [1.82, 2.24) is 0 Å². The molecule has 0 fully saturated rings. The number of nitriles is 1. The highest BCUT2D eigenvalue weighted by Crippen LogP contribution is 2.23. The smallest absolute Gasteiger partial charge is 0.290 e. The monoisotopic (exact) mass is 322 g/mol. The van der Waals surface area contributed by atoms with Crippen LogP contribution < -0.4 is 0 Å². The highest BCUT2D eigenvalue weighted by Gasteiger charge is 2.18. The Balaban J connectivity index is 2.40. The van der Waals surface area contributed by atoms with Gasteiger partial charge in [0.15, 0.2) is 0 Å². The van der Waals surface area contributed by atoms with Gasteiger partial charge in [-0.2, -0.15) is 5.26 Å². The normalized spacial score (nSPS) is 11.2. The highest BCUT2D eigenvalue weighted by molar-refractivity contribution is 6.76. The molecule has 0 aliphatic carbocycles. The molecule has 0 aliphatic heterocycles. The van der Waals surface area contributed by atoms with E-state index in [9.17, 15) is 10.1 Å². The number of hydrogen-bond acceptors (Lipinski definition) is 5. The van der Waals surface area contributed by atoms with Gasteiger partial charge in [-0.3, -0.25) is 10.1 Å². The van der Waals surface area contributed by atoms with Crippen LogP contribution in [0.25, 0.3) is 0 Å². The molecule has 0 aromatic heterocycles. The Morgan fingerprint density at radius 1 is 1.27 bits per heavy atom. The van der Waals surface area contributed by atoms with Crippen LogP contribution in [-0.4, -0.2) is 33.0 Å². The summed E-state index contributed by atoms with van der Waals surface area (Å²) in [5.74, 6) is 0. The zero-order chi connectivity index (χ0) is 16.6. The van der Waals surface area contributed by atoms with E-state index in [1.165, 1.54) is 6.07 Å². The number of para-hydroxylation sites is 1. The van der Waals surface area contributed by atoms with Crippen LogP contribution in [0.4, 0.5) is 5.69 Å². The molecule has 0 unspecified atom stereocenters. The molecule has 0 N–H and O–H groups in total. The fourth-order valence-electron chi connectivity index (χ4n) is 1.84. The van der Waals surface area contributed by atoms with Gasteiger partial charge in [0.05, 0.1) is 11.5 Å². The first-order valence-electron chi connectivity index (χ1n) is 7.17. The van der Waals surface area contributed by atoms with Crippen molar-refractivity contribution in [3.63, 3.8) is 0 Å². The molecule has 0 radical (unpaired) electrons. The lowest BCUT2D eigenvalue weighted by Gasteiger charge is -2.15. The maximum Gasteiger partial charge on any atom is 0.290 e. The lowest BCUT2D eigenvalue weighted by atomic mass is 10.1. The summed E-state index contributed by atoms with van der Waals surface area (Å²) in [7, 11) is -1.10. The van der Waals surface area contributed by atoms with Gasteiger partial charge in [0.25, 0.3) is 5.69 Å². The van der Waals surface area contributed by atoms with Crippen molar-refractivity contribution in [3.05, 3.63) is 39.4 Å². The summed E-state index contributed by atoms with van der Waals surface area (Å²) < 4.78 is 10.7. The zero-order valence-corrected chi connectivity index (χ0v) is 14.3. The minimum Gasteiger partial charge on any atom is -0.356 e. The molecule has 0 saturated carbocycles. The van der Waals surface area contributed by atoms with Crippen molar-refractivity contribution in [3.8, 4) is 6.07 Å². The summed E-state index contributed by atoms with van der Waals surface area (Å²) >= 11 is 0. The molecule has 1 aromatic carbocycles. The number of ether oxygens (including phenoxy) is 2. The Morgan fingerprint density at radius 3 is 2.55 bits per heavy atom. The van der Waals surface area contributed by atoms with Crippen molar-refractivity contribution in [1.29, 1.82) is 5.26 Å². The number of nitro benzene ring substituents is 1. The zero-order valence-electron chi connectivity index (χ0n) is 13.3. The van der Waals surface area contributed by atoms with Crippen LogP contribution in [0, 0.1) is 21.4 Å². The third-order valence-electron chi connectivity index (χ3n) is 3.10. The van der Waals surface area contributed by atoms with Gasteiger partial charge < -0.3 is 9.47 Å². The topological polar surface area (TPSA) is 85.4 Å². The first-order valence-corrected chi connectivity index (χ1v) is 10.9. The fourth-order valence-corrected chi connectivity index (χ4v) is 2.59. The molecule has 0 saturated heterocycles. The van der Waals surface area contributed by atoms with Gasteiger partial charge >= 0.3 is 0 Å². The van der Waals surface area contributed by atoms with Crippen molar-refractivity contribution in [2.75, 3.05) is 20.0 Å². The SMILES string of the molecule is C[Si](C)(C)CCOCOCCc1cccc(C#N)c1[N+](=O)[O-]. The maximum absolute atomic E-state index is 11.1. The molecule has 0 amide bonds. The Labute approximate surface area is 131 Å². The second kappa shape index (κ2) is 8.63. The molecule has 1 aromatic rings. The van der Waals surface area contributed by atoms with E-state index in [0.717, 1.165) is 6.04 Å². The van der Waals surface area contributed by atoms with E-state index in [1.807, 2.05) is 6.07 Å². The quantitative estimate of drug-likeness (QED) is 0.229. The van der Waals surface area contributed by atoms with Crippen LogP contribution in [0.5, 0.6) is 0 Å². The van der Waals surface area contributed by atoms with Crippen LogP contribution in [0.3, 0.4) is 0 Å². The molecule has 22 heavy (non-hydrogen) atoms. The van der Waals surface area contributed by atoms with E-state index in [1.54, 1.807) is 12.1 Å². The van der Waals surface area contributed by atoms with Gasteiger partial charge in [0.1, 0.15) is 18.4 Å². The first kappa shape index (κ1) is 18.3. The minimum absolute atomic E-state index is 0.0777. The van der Waals surface area contributed by atoms with Crippen LogP contribution in [-0.2, 0) is 15.9 Å². The molecule has 1 rings (SSSR count). The third-order valence-corrected chi connectivity index (χ3v) is 4.81. The average Bonchev–Trinajstić information content (AvgIpc) is 2.44. The summed E-state index contributed by atoms with van der Waals surface area (Å²) in [5.41, 5.74) is 0.452. The van der Waals surface area contributed by atoms with Crippen molar-refractivity contribution >= 4 is 13.8 Å². The van der Waals surface area contributed by atoms with Gasteiger partial charge in [-0.1, -0.05) is 31.8 Å². The van der Waals surface area contributed by atoms with Crippen molar-refractivity contribution in [2.24, 2.45) is 0 Å². The Hall–Kier alpha value is -1.75.